The van der Waals surface area contributed by atoms with E-state index in [1.54, 1.807) is 33.5 Å². The van der Waals surface area contributed by atoms with Crippen LogP contribution in [0, 0.1) is 0 Å². The summed E-state index contributed by atoms with van der Waals surface area (Å²) in [4.78, 5) is 15.3. The van der Waals surface area contributed by atoms with Gasteiger partial charge in [0.2, 0.25) is 0 Å². The number of methoxy groups -OCH3 is 3. The van der Waals surface area contributed by atoms with Crippen LogP contribution < -0.4 is 19.6 Å². The molecule has 0 unspecified atom stereocenters. The molecule has 0 atom stereocenters. The molecule has 0 aliphatic rings. The van der Waals surface area contributed by atoms with Crippen molar-refractivity contribution in [1.29, 1.82) is 0 Å². The van der Waals surface area contributed by atoms with E-state index >= 15 is 0 Å². The number of aromatic nitrogens is 1. The minimum absolute atomic E-state index is 0.349. The predicted molar refractivity (Wildman–Crippen MR) is 99.5 cm³/mol. The zero-order valence-corrected chi connectivity index (χ0v) is 14.7. The van der Waals surface area contributed by atoms with E-state index in [2.05, 4.69) is 15.5 Å². The van der Waals surface area contributed by atoms with E-state index in [0.29, 0.717) is 22.8 Å². The number of benzene rings is 2. The smallest absolute Gasteiger partial charge is 0.287 e. The summed E-state index contributed by atoms with van der Waals surface area (Å²) in [6.07, 6.45) is 1.50. The van der Waals surface area contributed by atoms with Crippen LogP contribution in [0.1, 0.15) is 16.1 Å². The summed E-state index contributed by atoms with van der Waals surface area (Å²) in [7, 11) is 4.71. The molecule has 0 aliphatic heterocycles. The summed E-state index contributed by atoms with van der Waals surface area (Å²) in [5, 5.41) is 4.88. The number of amides is 1. The van der Waals surface area contributed by atoms with Crippen molar-refractivity contribution >= 4 is 23.0 Å². The molecular formula is C19H19N3O4. The molecular weight excluding hydrogens is 334 g/mol. The van der Waals surface area contributed by atoms with Gasteiger partial charge in [0.1, 0.15) is 11.4 Å². The topological polar surface area (TPSA) is 84.9 Å². The predicted octanol–water partition coefficient (Wildman–Crippen LogP) is 2.96. The van der Waals surface area contributed by atoms with E-state index in [1.807, 2.05) is 30.3 Å². The number of nitrogens with one attached hydrogen (secondary N) is 2. The first-order chi connectivity index (χ1) is 12.7. The van der Waals surface area contributed by atoms with Crippen LogP contribution in [-0.2, 0) is 0 Å². The first-order valence-corrected chi connectivity index (χ1v) is 7.87. The molecule has 0 saturated heterocycles. The Morgan fingerprint density at radius 3 is 2.65 bits per heavy atom. The van der Waals surface area contributed by atoms with Crippen molar-refractivity contribution in [2.75, 3.05) is 21.3 Å². The van der Waals surface area contributed by atoms with Gasteiger partial charge in [-0.15, -0.1) is 0 Å². The fourth-order valence-corrected chi connectivity index (χ4v) is 2.59. The van der Waals surface area contributed by atoms with Crippen molar-refractivity contribution in [3.8, 4) is 17.2 Å². The maximum Gasteiger partial charge on any atom is 0.287 e. The number of aromatic amines is 1. The zero-order chi connectivity index (χ0) is 18.5. The summed E-state index contributed by atoms with van der Waals surface area (Å²) in [6.45, 7) is 0. The van der Waals surface area contributed by atoms with Gasteiger partial charge in [-0.05, 0) is 36.4 Å². The average Bonchev–Trinajstić information content (AvgIpc) is 3.10. The summed E-state index contributed by atoms with van der Waals surface area (Å²) < 4.78 is 15.7. The Morgan fingerprint density at radius 2 is 1.92 bits per heavy atom. The van der Waals surface area contributed by atoms with Crippen LogP contribution in [0.25, 0.3) is 10.9 Å². The number of para-hydroxylation sites is 1. The Balaban J connectivity index is 1.76. The van der Waals surface area contributed by atoms with Gasteiger partial charge in [0.05, 0.1) is 27.5 Å². The van der Waals surface area contributed by atoms with Crippen molar-refractivity contribution in [2.45, 2.75) is 0 Å². The Hall–Kier alpha value is -3.48. The number of ether oxygens (including phenoxy) is 3. The van der Waals surface area contributed by atoms with Gasteiger partial charge in [0, 0.05) is 16.5 Å². The van der Waals surface area contributed by atoms with E-state index < -0.39 is 0 Å². The number of fused-ring (bicyclic) bond motifs is 1. The largest absolute Gasteiger partial charge is 0.497 e. The number of carbonyl (C=O) groups excluding carboxylic acids is 1. The Morgan fingerprint density at radius 1 is 1.08 bits per heavy atom. The first-order valence-electron chi connectivity index (χ1n) is 7.87. The van der Waals surface area contributed by atoms with Crippen LogP contribution in [0.3, 0.4) is 0 Å². The molecule has 0 bridgehead atoms. The molecule has 3 aromatic rings. The first kappa shape index (κ1) is 17.3. The Labute approximate surface area is 150 Å². The summed E-state index contributed by atoms with van der Waals surface area (Å²) in [6, 6.07) is 12.7. The average molecular weight is 353 g/mol. The van der Waals surface area contributed by atoms with Crippen molar-refractivity contribution < 1.29 is 19.0 Å². The number of carbonyl (C=O) groups is 1. The van der Waals surface area contributed by atoms with Gasteiger partial charge in [0.15, 0.2) is 11.5 Å². The fourth-order valence-electron chi connectivity index (χ4n) is 2.59. The van der Waals surface area contributed by atoms with Gasteiger partial charge >= 0.3 is 0 Å². The maximum atomic E-state index is 12.3. The standard InChI is InChI=1S/C19H19N3O4/c1-24-14-7-8-15-13(9-14)10-16(21-15)19(23)22-20-11-12-5-4-6-17(25-2)18(12)26-3/h4-11,21H,1-3H3,(H,22,23)/b20-11+. The lowest BCUT2D eigenvalue weighted by Gasteiger charge is -2.09. The molecule has 7 nitrogen and oxygen atoms in total. The highest BCUT2D eigenvalue weighted by Crippen LogP contribution is 2.29. The number of nitrogens with zero attached hydrogens (tertiary/aromatic N) is 1. The third-order valence-electron chi connectivity index (χ3n) is 3.88. The van der Waals surface area contributed by atoms with Gasteiger partial charge in [-0.2, -0.15) is 5.10 Å². The molecule has 26 heavy (non-hydrogen) atoms. The van der Waals surface area contributed by atoms with E-state index in [-0.39, 0.29) is 5.91 Å². The van der Waals surface area contributed by atoms with Crippen molar-refractivity contribution in [3.63, 3.8) is 0 Å². The normalized spacial score (nSPS) is 10.9. The molecule has 134 valence electrons. The number of hydrogen-bond acceptors (Lipinski definition) is 5. The zero-order valence-electron chi connectivity index (χ0n) is 14.7. The van der Waals surface area contributed by atoms with Crippen LogP contribution in [-0.4, -0.2) is 38.4 Å². The molecule has 2 N–H and O–H groups in total. The molecule has 1 heterocycles. The van der Waals surface area contributed by atoms with Gasteiger partial charge in [-0.1, -0.05) is 6.07 Å². The third kappa shape index (κ3) is 3.46. The molecule has 0 fully saturated rings. The Kier molecular flexibility index (Phi) is 5.07. The molecule has 3 rings (SSSR count). The van der Waals surface area contributed by atoms with E-state index in [1.165, 1.54) is 6.21 Å². The molecule has 0 spiro atoms. The molecule has 1 aromatic heterocycles. The van der Waals surface area contributed by atoms with Crippen LogP contribution >= 0.6 is 0 Å². The molecule has 1 amide bonds. The lowest BCUT2D eigenvalue weighted by atomic mass is 10.2. The van der Waals surface area contributed by atoms with Crippen molar-refractivity contribution in [3.05, 3.63) is 53.7 Å². The van der Waals surface area contributed by atoms with Crippen LogP contribution in [0.4, 0.5) is 0 Å². The lowest BCUT2D eigenvalue weighted by Crippen LogP contribution is -2.17. The summed E-state index contributed by atoms with van der Waals surface area (Å²) >= 11 is 0. The fraction of sp³-hybridized carbons (Fsp3) is 0.158. The van der Waals surface area contributed by atoms with Crippen LogP contribution in [0.15, 0.2) is 47.6 Å². The number of rotatable bonds is 6. The van der Waals surface area contributed by atoms with Crippen LogP contribution in [0.5, 0.6) is 17.2 Å². The van der Waals surface area contributed by atoms with Crippen molar-refractivity contribution in [1.82, 2.24) is 10.4 Å². The third-order valence-corrected chi connectivity index (χ3v) is 3.88. The quantitative estimate of drug-likeness (QED) is 0.527. The molecule has 7 heteroatoms. The van der Waals surface area contributed by atoms with Crippen LogP contribution in [0.2, 0.25) is 0 Å². The second kappa shape index (κ2) is 7.60. The maximum absolute atomic E-state index is 12.3. The van der Waals surface area contributed by atoms with Crippen molar-refractivity contribution in [2.24, 2.45) is 5.10 Å². The molecule has 0 aliphatic carbocycles. The Bertz CT molecular complexity index is 963. The molecule has 0 radical (unpaired) electrons. The highest BCUT2D eigenvalue weighted by Gasteiger charge is 2.10. The minimum Gasteiger partial charge on any atom is -0.497 e. The second-order valence-electron chi connectivity index (χ2n) is 5.42. The van der Waals surface area contributed by atoms with Gasteiger partial charge in [-0.3, -0.25) is 4.79 Å². The highest BCUT2D eigenvalue weighted by molar-refractivity contribution is 5.98. The number of hydrazone groups is 1. The second-order valence-corrected chi connectivity index (χ2v) is 5.42. The van der Waals surface area contributed by atoms with Gasteiger partial charge in [0.25, 0.3) is 5.91 Å². The summed E-state index contributed by atoms with van der Waals surface area (Å²) in [5.41, 5.74) is 4.43. The minimum atomic E-state index is -0.349. The van der Waals surface area contributed by atoms with E-state index in [9.17, 15) is 4.79 Å². The highest BCUT2D eigenvalue weighted by atomic mass is 16.5. The van der Waals surface area contributed by atoms with Gasteiger partial charge < -0.3 is 19.2 Å². The number of hydrogen-bond donors (Lipinski definition) is 2. The van der Waals surface area contributed by atoms with Gasteiger partial charge in [-0.25, -0.2) is 5.43 Å². The lowest BCUT2D eigenvalue weighted by molar-refractivity contribution is 0.0951. The monoisotopic (exact) mass is 353 g/mol. The van der Waals surface area contributed by atoms with E-state index in [4.69, 9.17) is 14.2 Å². The molecule has 0 saturated carbocycles. The molecule has 2 aromatic carbocycles. The summed E-state index contributed by atoms with van der Waals surface area (Å²) in [5.74, 6) is 1.52. The van der Waals surface area contributed by atoms with E-state index in [0.717, 1.165) is 16.7 Å². The SMILES string of the molecule is COc1ccc2[nH]c(C(=O)N/N=C/c3cccc(OC)c3OC)cc2c1. The number of H-pyrrole nitrogens is 1.